The lowest BCUT2D eigenvalue weighted by Gasteiger charge is -2.07. The maximum Gasteiger partial charge on any atom is 0.227 e. The summed E-state index contributed by atoms with van der Waals surface area (Å²) in [6.07, 6.45) is 1.08. The molecule has 0 spiro atoms. The molecule has 0 aliphatic carbocycles. The van der Waals surface area contributed by atoms with E-state index in [9.17, 15) is 5.11 Å². The highest BCUT2D eigenvalue weighted by Crippen LogP contribution is 2.14. The number of hydrogen-bond acceptors (Lipinski definition) is 4. The van der Waals surface area contributed by atoms with Crippen LogP contribution in [0.4, 0.5) is 5.95 Å². The SMILES string of the molecule is CONc1ncc(C(C)O)n1C. The van der Waals surface area contributed by atoms with Crippen LogP contribution in [0.3, 0.4) is 0 Å². The molecule has 0 aliphatic rings. The van der Waals surface area contributed by atoms with Gasteiger partial charge in [-0.25, -0.2) is 10.5 Å². The van der Waals surface area contributed by atoms with E-state index in [0.717, 1.165) is 5.69 Å². The van der Waals surface area contributed by atoms with Crippen LogP contribution in [-0.4, -0.2) is 21.8 Å². The van der Waals surface area contributed by atoms with Crippen LogP contribution in [0.15, 0.2) is 6.20 Å². The van der Waals surface area contributed by atoms with Gasteiger partial charge in [-0.2, -0.15) is 0 Å². The van der Waals surface area contributed by atoms with Gasteiger partial charge in [0.15, 0.2) is 0 Å². The fourth-order valence-electron chi connectivity index (χ4n) is 0.997. The molecule has 5 heteroatoms. The first-order chi connectivity index (χ1) is 5.66. The molecule has 1 heterocycles. The Morgan fingerprint density at radius 3 is 2.83 bits per heavy atom. The van der Waals surface area contributed by atoms with Crippen molar-refractivity contribution in [1.82, 2.24) is 9.55 Å². The zero-order valence-corrected chi connectivity index (χ0v) is 7.40. The fourth-order valence-corrected chi connectivity index (χ4v) is 0.997. The van der Waals surface area contributed by atoms with E-state index in [1.165, 1.54) is 7.11 Å². The minimum Gasteiger partial charge on any atom is -0.387 e. The summed E-state index contributed by atoms with van der Waals surface area (Å²) in [6.45, 7) is 1.69. The van der Waals surface area contributed by atoms with Crippen LogP contribution < -0.4 is 5.48 Å². The summed E-state index contributed by atoms with van der Waals surface area (Å²) in [6, 6.07) is 0. The van der Waals surface area contributed by atoms with Crippen LogP contribution in [0.5, 0.6) is 0 Å². The van der Waals surface area contributed by atoms with Crippen molar-refractivity contribution in [3.8, 4) is 0 Å². The van der Waals surface area contributed by atoms with E-state index in [2.05, 4.69) is 15.3 Å². The van der Waals surface area contributed by atoms with Gasteiger partial charge >= 0.3 is 0 Å². The van der Waals surface area contributed by atoms with Gasteiger partial charge in [0, 0.05) is 7.05 Å². The second-order valence-electron chi connectivity index (χ2n) is 2.55. The lowest BCUT2D eigenvalue weighted by molar-refractivity contribution is 0.190. The van der Waals surface area contributed by atoms with Crippen molar-refractivity contribution in [3.05, 3.63) is 11.9 Å². The van der Waals surface area contributed by atoms with Crippen LogP contribution in [0, 0.1) is 0 Å². The van der Waals surface area contributed by atoms with Gasteiger partial charge in [0.05, 0.1) is 25.1 Å². The highest BCUT2D eigenvalue weighted by atomic mass is 16.6. The van der Waals surface area contributed by atoms with Crippen molar-refractivity contribution < 1.29 is 9.94 Å². The maximum absolute atomic E-state index is 9.26. The Hall–Kier alpha value is -1.07. The number of aromatic nitrogens is 2. The zero-order valence-electron chi connectivity index (χ0n) is 7.40. The van der Waals surface area contributed by atoms with Gasteiger partial charge in [0.25, 0.3) is 0 Å². The highest BCUT2D eigenvalue weighted by molar-refractivity contribution is 5.26. The molecular formula is C7H13N3O2. The molecule has 1 aromatic rings. The summed E-state index contributed by atoms with van der Waals surface area (Å²) in [7, 11) is 3.31. The fraction of sp³-hybridized carbons (Fsp3) is 0.571. The molecule has 68 valence electrons. The second-order valence-corrected chi connectivity index (χ2v) is 2.55. The normalized spacial score (nSPS) is 13.0. The molecule has 0 fully saturated rings. The summed E-state index contributed by atoms with van der Waals surface area (Å²) in [5.74, 6) is 0.577. The van der Waals surface area contributed by atoms with Crippen molar-refractivity contribution in [2.75, 3.05) is 12.6 Å². The molecule has 0 bridgehead atoms. The maximum atomic E-state index is 9.26. The van der Waals surface area contributed by atoms with E-state index < -0.39 is 6.10 Å². The molecule has 0 saturated heterocycles. The average Bonchev–Trinajstić information content (AvgIpc) is 2.34. The number of rotatable bonds is 3. The summed E-state index contributed by atoms with van der Waals surface area (Å²) in [4.78, 5) is 8.68. The topological polar surface area (TPSA) is 59.3 Å². The molecule has 0 saturated carbocycles. The number of aliphatic hydroxyl groups is 1. The third kappa shape index (κ3) is 1.57. The number of anilines is 1. The molecule has 1 atom stereocenters. The van der Waals surface area contributed by atoms with Gasteiger partial charge in [0.1, 0.15) is 0 Å². The predicted molar refractivity (Wildman–Crippen MR) is 44.5 cm³/mol. The number of nitrogens with zero attached hydrogens (tertiary/aromatic N) is 2. The van der Waals surface area contributed by atoms with Crippen LogP contribution in [0.2, 0.25) is 0 Å². The van der Waals surface area contributed by atoms with E-state index in [-0.39, 0.29) is 0 Å². The van der Waals surface area contributed by atoms with Gasteiger partial charge in [0.2, 0.25) is 5.95 Å². The summed E-state index contributed by atoms with van der Waals surface area (Å²) in [5.41, 5.74) is 3.34. The predicted octanol–water partition coefficient (Wildman–Crippen LogP) is 0.447. The van der Waals surface area contributed by atoms with Crippen molar-refractivity contribution in [2.45, 2.75) is 13.0 Å². The van der Waals surface area contributed by atoms with Crippen molar-refractivity contribution >= 4 is 5.95 Å². The Labute approximate surface area is 70.9 Å². The van der Waals surface area contributed by atoms with Crippen LogP contribution in [-0.2, 0) is 11.9 Å². The molecule has 12 heavy (non-hydrogen) atoms. The van der Waals surface area contributed by atoms with E-state index >= 15 is 0 Å². The Morgan fingerprint density at radius 2 is 2.42 bits per heavy atom. The smallest absolute Gasteiger partial charge is 0.227 e. The Kier molecular flexibility index (Phi) is 2.67. The minimum atomic E-state index is -0.519. The molecule has 5 nitrogen and oxygen atoms in total. The first-order valence-electron chi connectivity index (χ1n) is 3.65. The zero-order chi connectivity index (χ0) is 9.14. The van der Waals surface area contributed by atoms with E-state index in [0.29, 0.717) is 5.95 Å². The molecule has 1 rings (SSSR count). The number of imidazole rings is 1. The molecule has 0 aromatic carbocycles. The Morgan fingerprint density at radius 1 is 1.75 bits per heavy atom. The summed E-state index contributed by atoms with van der Waals surface area (Å²) >= 11 is 0. The first kappa shape index (κ1) is 9.02. The highest BCUT2D eigenvalue weighted by Gasteiger charge is 2.09. The lowest BCUT2D eigenvalue weighted by Crippen LogP contribution is -2.06. The molecule has 0 radical (unpaired) electrons. The van der Waals surface area contributed by atoms with Crippen LogP contribution >= 0.6 is 0 Å². The van der Waals surface area contributed by atoms with E-state index in [4.69, 9.17) is 0 Å². The van der Waals surface area contributed by atoms with Gasteiger partial charge in [-0.05, 0) is 6.92 Å². The second kappa shape index (κ2) is 3.55. The molecule has 2 N–H and O–H groups in total. The van der Waals surface area contributed by atoms with Crippen LogP contribution in [0.25, 0.3) is 0 Å². The van der Waals surface area contributed by atoms with Gasteiger partial charge in [-0.1, -0.05) is 0 Å². The third-order valence-electron chi connectivity index (χ3n) is 1.65. The lowest BCUT2D eigenvalue weighted by atomic mass is 10.3. The Bertz CT molecular complexity index is 257. The monoisotopic (exact) mass is 171 g/mol. The third-order valence-corrected chi connectivity index (χ3v) is 1.65. The van der Waals surface area contributed by atoms with Crippen molar-refractivity contribution in [3.63, 3.8) is 0 Å². The first-order valence-corrected chi connectivity index (χ1v) is 3.65. The Balaban J connectivity index is 2.88. The molecular weight excluding hydrogens is 158 g/mol. The number of nitrogens with one attached hydrogen (secondary N) is 1. The van der Waals surface area contributed by atoms with E-state index in [1.54, 1.807) is 24.7 Å². The van der Waals surface area contributed by atoms with Crippen molar-refractivity contribution in [1.29, 1.82) is 0 Å². The van der Waals surface area contributed by atoms with Gasteiger partial charge < -0.3 is 9.67 Å². The number of aliphatic hydroxyl groups excluding tert-OH is 1. The largest absolute Gasteiger partial charge is 0.387 e. The molecule has 1 unspecified atom stereocenters. The quantitative estimate of drug-likeness (QED) is 0.648. The summed E-state index contributed by atoms with van der Waals surface area (Å²) < 4.78 is 1.73. The molecule has 1 aromatic heterocycles. The average molecular weight is 171 g/mol. The molecule has 0 aliphatic heterocycles. The number of hydrogen-bond donors (Lipinski definition) is 2. The molecule has 0 amide bonds. The van der Waals surface area contributed by atoms with Crippen LogP contribution in [0.1, 0.15) is 18.7 Å². The standard InChI is InChI=1S/C7H13N3O2/c1-5(11)6-4-8-7(9-12-3)10(6)2/h4-5,11H,1-3H3,(H,8,9). The van der Waals surface area contributed by atoms with E-state index in [1.807, 2.05) is 0 Å². The van der Waals surface area contributed by atoms with Gasteiger partial charge in [-0.15, -0.1) is 0 Å². The minimum absolute atomic E-state index is 0.519. The van der Waals surface area contributed by atoms with Gasteiger partial charge in [-0.3, -0.25) is 4.84 Å². The van der Waals surface area contributed by atoms with Crippen molar-refractivity contribution in [2.24, 2.45) is 7.05 Å². The summed E-state index contributed by atoms with van der Waals surface area (Å²) in [5, 5.41) is 9.26.